The summed E-state index contributed by atoms with van der Waals surface area (Å²) in [5.74, 6) is 0.0265. The van der Waals surface area contributed by atoms with E-state index >= 15 is 0 Å². The molecule has 1 aromatic rings. The molecule has 0 saturated heterocycles. The number of nitrogens with zero attached hydrogens (tertiary/aromatic N) is 1. The van der Waals surface area contributed by atoms with Crippen LogP contribution in [0.2, 0.25) is 0 Å². The molecule has 98 valence electrons. The summed E-state index contributed by atoms with van der Waals surface area (Å²) in [6.45, 7) is 0.104. The van der Waals surface area contributed by atoms with Gasteiger partial charge in [-0.05, 0) is 12.1 Å². The van der Waals surface area contributed by atoms with Crippen molar-refractivity contribution in [1.82, 2.24) is 0 Å². The molecule has 6 heteroatoms. The van der Waals surface area contributed by atoms with Crippen LogP contribution in [0.5, 0.6) is 0 Å². The zero-order valence-electron chi connectivity index (χ0n) is 9.54. The van der Waals surface area contributed by atoms with Crippen molar-refractivity contribution < 1.29 is 22.7 Å². The van der Waals surface area contributed by atoms with Crippen LogP contribution in [-0.2, 0) is 4.74 Å². The van der Waals surface area contributed by atoms with Gasteiger partial charge in [-0.3, -0.25) is 9.53 Å². The van der Waals surface area contributed by atoms with Crippen molar-refractivity contribution >= 4 is 11.5 Å². The quantitative estimate of drug-likeness (QED) is 0.835. The van der Waals surface area contributed by atoms with E-state index in [9.17, 15) is 18.0 Å². The number of hydrogen-bond donors (Lipinski definition) is 0. The molecule has 2 rings (SSSR count). The molecule has 0 aromatic heterocycles. The van der Waals surface area contributed by atoms with Crippen molar-refractivity contribution in [2.45, 2.75) is 12.8 Å². The zero-order chi connectivity index (χ0) is 13.2. The largest absolute Gasteiger partial charge is 0.522 e. The molecule has 0 amide bonds. The van der Waals surface area contributed by atoms with Crippen molar-refractivity contribution in [3.05, 3.63) is 29.8 Å². The van der Waals surface area contributed by atoms with Crippen LogP contribution in [0.25, 0.3) is 0 Å². The average Bonchev–Trinajstić information content (AvgIpc) is 2.31. The van der Waals surface area contributed by atoms with Gasteiger partial charge in [0.15, 0.2) is 5.78 Å². The highest BCUT2D eigenvalue weighted by molar-refractivity contribution is 6.03. The molecule has 0 fully saturated rings. The van der Waals surface area contributed by atoms with E-state index in [0.717, 1.165) is 0 Å². The van der Waals surface area contributed by atoms with Gasteiger partial charge in [-0.25, -0.2) is 0 Å². The summed E-state index contributed by atoms with van der Waals surface area (Å²) in [4.78, 5) is 13.4. The number of para-hydroxylation sites is 1. The number of carbonyl (C=O) groups excluding carboxylic acids is 1. The van der Waals surface area contributed by atoms with Gasteiger partial charge >= 0.3 is 6.36 Å². The van der Waals surface area contributed by atoms with Crippen molar-refractivity contribution in [2.75, 3.05) is 24.6 Å². The first-order valence-electron chi connectivity index (χ1n) is 5.55. The number of rotatable bonds is 3. The molecule has 1 aromatic carbocycles. The van der Waals surface area contributed by atoms with Crippen molar-refractivity contribution in [1.29, 1.82) is 0 Å². The number of ketones is 1. The Morgan fingerprint density at radius 2 is 2.00 bits per heavy atom. The predicted molar refractivity (Wildman–Crippen MR) is 59.6 cm³/mol. The number of alkyl halides is 3. The van der Waals surface area contributed by atoms with E-state index in [-0.39, 0.29) is 12.3 Å². The first kappa shape index (κ1) is 12.9. The maximum absolute atomic E-state index is 11.9. The number of carbonyl (C=O) groups is 1. The molecule has 1 aliphatic heterocycles. The summed E-state index contributed by atoms with van der Waals surface area (Å²) in [5, 5.41) is 0. The van der Waals surface area contributed by atoms with Crippen LogP contribution in [0.3, 0.4) is 0 Å². The Bertz CT molecular complexity index is 445. The van der Waals surface area contributed by atoms with E-state index in [1.165, 1.54) is 0 Å². The lowest BCUT2D eigenvalue weighted by atomic mass is 10.0. The van der Waals surface area contributed by atoms with Crippen LogP contribution in [0.1, 0.15) is 16.8 Å². The SMILES string of the molecule is O=C1CCN(CCOC(F)(F)F)c2ccccc21. The molecule has 0 bridgehead atoms. The fourth-order valence-electron chi connectivity index (χ4n) is 1.98. The van der Waals surface area contributed by atoms with Crippen molar-refractivity contribution in [3.8, 4) is 0 Å². The molecular formula is C12H12F3NO2. The topological polar surface area (TPSA) is 29.5 Å². The summed E-state index contributed by atoms with van der Waals surface area (Å²) < 4.78 is 39.4. The van der Waals surface area contributed by atoms with Crippen LogP contribution >= 0.6 is 0 Å². The summed E-state index contributed by atoms with van der Waals surface area (Å²) in [5.41, 5.74) is 1.25. The Morgan fingerprint density at radius 3 is 2.72 bits per heavy atom. The minimum Gasteiger partial charge on any atom is -0.368 e. The molecule has 0 atom stereocenters. The van der Waals surface area contributed by atoms with E-state index in [2.05, 4.69) is 4.74 Å². The Labute approximate surface area is 102 Å². The second-order valence-corrected chi connectivity index (χ2v) is 3.97. The number of ether oxygens (including phenoxy) is 1. The van der Waals surface area contributed by atoms with E-state index in [4.69, 9.17) is 0 Å². The molecule has 0 N–H and O–H groups in total. The smallest absolute Gasteiger partial charge is 0.368 e. The lowest BCUT2D eigenvalue weighted by Crippen LogP contribution is -2.35. The maximum Gasteiger partial charge on any atom is 0.522 e. The second kappa shape index (κ2) is 4.97. The van der Waals surface area contributed by atoms with Crippen LogP contribution in [-0.4, -0.2) is 31.8 Å². The fraction of sp³-hybridized carbons (Fsp3) is 0.417. The predicted octanol–water partition coefficient (Wildman–Crippen LogP) is 2.62. The van der Waals surface area contributed by atoms with Crippen LogP contribution < -0.4 is 4.90 Å². The molecule has 18 heavy (non-hydrogen) atoms. The minimum atomic E-state index is -4.61. The van der Waals surface area contributed by atoms with E-state index < -0.39 is 13.0 Å². The van der Waals surface area contributed by atoms with Crippen LogP contribution in [0.4, 0.5) is 18.9 Å². The average molecular weight is 259 g/mol. The molecular weight excluding hydrogens is 247 g/mol. The lowest BCUT2D eigenvalue weighted by molar-refractivity contribution is -0.323. The summed E-state index contributed by atoms with van der Waals surface area (Å²) in [6.07, 6.45) is -4.28. The molecule has 0 saturated carbocycles. The lowest BCUT2D eigenvalue weighted by Gasteiger charge is -2.30. The standard InChI is InChI=1S/C12H12F3NO2/c13-12(14,15)18-8-7-16-6-5-11(17)9-3-1-2-4-10(9)16/h1-4H,5-8H2. The van der Waals surface area contributed by atoms with Gasteiger partial charge in [-0.15, -0.1) is 13.2 Å². The first-order valence-corrected chi connectivity index (χ1v) is 5.55. The molecule has 3 nitrogen and oxygen atoms in total. The number of hydrogen-bond acceptors (Lipinski definition) is 3. The monoisotopic (exact) mass is 259 g/mol. The molecule has 0 radical (unpaired) electrons. The molecule has 0 aliphatic carbocycles. The van der Waals surface area contributed by atoms with Crippen molar-refractivity contribution in [3.63, 3.8) is 0 Å². The molecule has 0 unspecified atom stereocenters. The Kier molecular flexibility index (Phi) is 3.56. The van der Waals surface area contributed by atoms with Gasteiger partial charge in [0.1, 0.15) is 0 Å². The molecule has 0 spiro atoms. The number of anilines is 1. The van der Waals surface area contributed by atoms with Gasteiger partial charge in [0.2, 0.25) is 0 Å². The number of fused-ring (bicyclic) bond motifs is 1. The third kappa shape index (κ3) is 3.01. The van der Waals surface area contributed by atoms with E-state index in [1.807, 2.05) is 0 Å². The van der Waals surface area contributed by atoms with E-state index in [0.29, 0.717) is 24.2 Å². The molecule has 1 heterocycles. The Hall–Kier alpha value is -1.56. The Balaban J connectivity index is 2.03. The van der Waals surface area contributed by atoms with Gasteiger partial charge in [0, 0.05) is 30.8 Å². The summed E-state index contributed by atoms with van der Waals surface area (Å²) in [7, 11) is 0. The highest BCUT2D eigenvalue weighted by Crippen LogP contribution is 2.26. The fourth-order valence-corrected chi connectivity index (χ4v) is 1.98. The number of halogens is 3. The first-order chi connectivity index (χ1) is 8.47. The zero-order valence-corrected chi connectivity index (χ0v) is 9.54. The molecule has 1 aliphatic rings. The van der Waals surface area contributed by atoms with E-state index in [1.54, 1.807) is 29.2 Å². The highest BCUT2D eigenvalue weighted by atomic mass is 19.4. The third-order valence-corrected chi connectivity index (χ3v) is 2.78. The number of Topliss-reactive ketones (excluding diaryl/α,β-unsaturated/α-hetero) is 1. The third-order valence-electron chi connectivity index (χ3n) is 2.78. The van der Waals surface area contributed by atoms with Crippen LogP contribution in [0.15, 0.2) is 24.3 Å². The summed E-state index contributed by atoms with van der Waals surface area (Å²) in [6, 6.07) is 6.93. The van der Waals surface area contributed by atoms with Gasteiger partial charge in [-0.1, -0.05) is 12.1 Å². The minimum absolute atomic E-state index is 0.0265. The van der Waals surface area contributed by atoms with Gasteiger partial charge in [0.25, 0.3) is 0 Å². The normalized spacial score (nSPS) is 15.7. The van der Waals surface area contributed by atoms with Crippen molar-refractivity contribution in [2.24, 2.45) is 0 Å². The second-order valence-electron chi connectivity index (χ2n) is 3.97. The highest BCUT2D eigenvalue weighted by Gasteiger charge is 2.29. The summed E-state index contributed by atoms with van der Waals surface area (Å²) >= 11 is 0. The maximum atomic E-state index is 11.9. The Morgan fingerprint density at radius 1 is 1.28 bits per heavy atom. The van der Waals surface area contributed by atoms with Gasteiger partial charge < -0.3 is 4.90 Å². The number of benzene rings is 1. The van der Waals surface area contributed by atoms with Gasteiger partial charge in [-0.2, -0.15) is 0 Å². The van der Waals surface area contributed by atoms with Gasteiger partial charge in [0.05, 0.1) is 6.61 Å². The van der Waals surface area contributed by atoms with Crippen LogP contribution in [0, 0.1) is 0 Å².